The average Bonchev–Trinajstić information content (AvgIpc) is 2.72. The van der Waals surface area contributed by atoms with Crippen LogP contribution in [0.3, 0.4) is 0 Å². The molecule has 0 amide bonds. The van der Waals surface area contributed by atoms with E-state index in [0.717, 1.165) is 16.9 Å². The summed E-state index contributed by atoms with van der Waals surface area (Å²) in [5.41, 5.74) is 1.94. The summed E-state index contributed by atoms with van der Waals surface area (Å²) in [7, 11) is 1.65. The second-order valence-electron chi connectivity index (χ2n) is 4.92. The highest BCUT2D eigenvalue weighted by Gasteiger charge is 2.41. The van der Waals surface area contributed by atoms with E-state index in [4.69, 9.17) is 14.2 Å². The molecular formula is C16H20O3. The highest BCUT2D eigenvalue weighted by molar-refractivity contribution is 5.61. The zero-order valence-electron chi connectivity index (χ0n) is 11.7. The van der Waals surface area contributed by atoms with Gasteiger partial charge in [-0.1, -0.05) is 30.9 Å². The normalized spacial score (nSPS) is 25.0. The number of ether oxygens (including phenoxy) is 3. The molecule has 1 fully saturated rings. The minimum absolute atomic E-state index is 0.180. The topological polar surface area (TPSA) is 27.7 Å². The molecule has 0 saturated carbocycles. The Bertz CT molecular complexity index is 491. The van der Waals surface area contributed by atoms with E-state index in [1.165, 1.54) is 0 Å². The molecule has 0 N–H and O–H groups in total. The van der Waals surface area contributed by atoms with Gasteiger partial charge in [0.15, 0.2) is 5.79 Å². The van der Waals surface area contributed by atoms with Gasteiger partial charge in [-0.2, -0.15) is 0 Å². The third kappa shape index (κ3) is 2.57. The van der Waals surface area contributed by atoms with Crippen LogP contribution in [0.25, 0.3) is 6.08 Å². The van der Waals surface area contributed by atoms with Gasteiger partial charge < -0.3 is 14.2 Å². The third-order valence-electron chi connectivity index (χ3n) is 3.19. The molecule has 1 heterocycles. The number of methoxy groups -OCH3 is 1. The van der Waals surface area contributed by atoms with Crippen LogP contribution in [0.2, 0.25) is 0 Å². The summed E-state index contributed by atoms with van der Waals surface area (Å²) in [4.78, 5) is 0. The van der Waals surface area contributed by atoms with Crippen LogP contribution < -0.4 is 4.74 Å². The molecule has 3 nitrogen and oxygen atoms in total. The first-order valence-corrected chi connectivity index (χ1v) is 6.30. The molecule has 102 valence electrons. The molecule has 2 atom stereocenters. The van der Waals surface area contributed by atoms with Crippen molar-refractivity contribution in [1.29, 1.82) is 0 Å². The largest absolute Gasteiger partial charge is 0.496 e. The molecule has 1 aromatic carbocycles. The van der Waals surface area contributed by atoms with E-state index in [1.54, 1.807) is 19.3 Å². The van der Waals surface area contributed by atoms with E-state index < -0.39 is 5.79 Å². The lowest BCUT2D eigenvalue weighted by molar-refractivity contribution is -0.143. The van der Waals surface area contributed by atoms with Gasteiger partial charge in [0.25, 0.3) is 0 Å². The number of rotatable bonds is 4. The molecule has 0 unspecified atom stereocenters. The molecule has 1 aliphatic rings. The Balaban J connectivity index is 2.46. The fourth-order valence-electron chi connectivity index (χ4n) is 2.41. The number of benzene rings is 1. The molecule has 1 aromatic rings. The molecule has 1 saturated heterocycles. The van der Waals surface area contributed by atoms with Crippen molar-refractivity contribution in [3.63, 3.8) is 0 Å². The van der Waals surface area contributed by atoms with Crippen molar-refractivity contribution >= 4 is 6.08 Å². The first kappa shape index (κ1) is 13.8. The highest BCUT2D eigenvalue weighted by atomic mass is 16.7. The van der Waals surface area contributed by atoms with Crippen molar-refractivity contribution in [2.45, 2.75) is 31.8 Å². The quantitative estimate of drug-likeness (QED) is 0.772. The highest BCUT2D eigenvalue weighted by Crippen LogP contribution is 2.41. The van der Waals surface area contributed by atoms with Crippen LogP contribution in [0.1, 0.15) is 31.1 Å². The summed E-state index contributed by atoms with van der Waals surface area (Å²) in [5, 5.41) is 0. The molecule has 0 bridgehead atoms. The molecule has 0 spiro atoms. The van der Waals surface area contributed by atoms with E-state index in [9.17, 15) is 0 Å². The fourth-order valence-corrected chi connectivity index (χ4v) is 2.41. The van der Waals surface area contributed by atoms with Crippen LogP contribution in [0, 0.1) is 0 Å². The zero-order valence-corrected chi connectivity index (χ0v) is 11.7. The predicted octanol–water partition coefficient (Wildman–Crippen LogP) is 3.72. The molecule has 0 aromatic heterocycles. The molecule has 0 aliphatic carbocycles. The molecule has 2 rings (SSSR count). The number of hydrogen-bond acceptors (Lipinski definition) is 3. The maximum atomic E-state index is 5.98. The van der Waals surface area contributed by atoms with E-state index >= 15 is 0 Å². The van der Waals surface area contributed by atoms with Crippen LogP contribution in [0.4, 0.5) is 0 Å². The maximum Gasteiger partial charge on any atom is 0.164 e. The van der Waals surface area contributed by atoms with Gasteiger partial charge in [-0.25, -0.2) is 0 Å². The van der Waals surface area contributed by atoms with Crippen LogP contribution >= 0.6 is 0 Å². The summed E-state index contributed by atoms with van der Waals surface area (Å²) in [6.45, 7) is 11.5. The monoisotopic (exact) mass is 260 g/mol. The standard InChI is InChI=1S/C16H20O3/c1-6-11-12(9-8-10-14(11)17-5)15-13(7-2)18-16(3,4)19-15/h6-10,13,15H,1-2H2,3-5H3/t13-,15+/m0/s1. The van der Waals surface area contributed by atoms with Crippen LogP contribution in [0.5, 0.6) is 5.75 Å². The Morgan fingerprint density at radius 3 is 2.58 bits per heavy atom. The molecule has 1 aliphatic heterocycles. The summed E-state index contributed by atoms with van der Waals surface area (Å²) in [5.74, 6) is 0.161. The first-order chi connectivity index (χ1) is 9.02. The second-order valence-corrected chi connectivity index (χ2v) is 4.92. The smallest absolute Gasteiger partial charge is 0.164 e. The van der Waals surface area contributed by atoms with Crippen molar-refractivity contribution in [2.75, 3.05) is 7.11 Å². The summed E-state index contributed by atoms with van der Waals surface area (Å²) in [6, 6.07) is 5.85. The van der Waals surface area contributed by atoms with E-state index in [0.29, 0.717) is 0 Å². The van der Waals surface area contributed by atoms with Crippen molar-refractivity contribution in [2.24, 2.45) is 0 Å². The lowest BCUT2D eigenvalue weighted by atomic mass is 9.98. The lowest BCUT2D eigenvalue weighted by Crippen LogP contribution is -2.20. The minimum atomic E-state index is -0.620. The summed E-state index contributed by atoms with van der Waals surface area (Å²) < 4.78 is 17.2. The van der Waals surface area contributed by atoms with Crippen LogP contribution in [0.15, 0.2) is 37.4 Å². The summed E-state index contributed by atoms with van der Waals surface area (Å²) >= 11 is 0. The van der Waals surface area contributed by atoms with Crippen LogP contribution in [-0.4, -0.2) is 19.0 Å². The van der Waals surface area contributed by atoms with Gasteiger partial charge in [0.05, 0.1) is 7.11 Å². The van der Waals surface area contributed by atoms with Crippen LogP contribution in [-0.2, 0) is 9.47 Å². The number of hydrogen-bond donors (Lipinski definition) is 0. The van der Waals surface area contributed by atoms with Crippen molar-refractivity contribution in [3.05, 3.63) is 48.6 Å². The Morgan fingerprint density at radius 2 is 2.00 bits per heavy atom. The van der Waals surface area contributed by atoms with Crippen molar-refractivity contribution in [1.82, 2.24) is 0 Å². The van der Waals surface area contributed by atoms with Gasteiger partial charge >= 0.3 is 0 Å². The van der Waals surface area contributed by atoms with Gasteiger partial charge in [0.1, 0.15) is 18.0 Å². The van der Waals surface area contributed by atoms with Crippen molar-refractivity contribution in [3.8, 4) is 5.75 Å². The predicted molar refractivity (Wildman–Crippen MR) is 76.1 cm³/mol. The third-order valence-corrected chi connectivity index (χ3v) is 3.19. The minimum Gasteiger partial charge on any atom is -0.496 e. The fraction of sp³-hybridized carbons (Fsp3) is 0.375. The van der Waals surface area contributed by atoms with Gasteiger partial charge in [-0.3, -0.25) is 0 Å². The Hall–Kier alpha value is -1.58. The molecule has 3 heteroatoms. The Morgan fingerprint density at radius 1 is 1.26 bits per heavy atom. The van der Waals surface area contributed by atoms with Gasteiger partial charge in [0, 0.05) is 5.56 Å². The van der Waals surface area contributed by atoms with Crippen molar-refractivity contribution < 1.29 is 14.2 Å². The first-order valence-electron chi connectivity index (χ1n) is 6.30. The van der Waals surface area contributed by atoms with Gasteiger partial charge in [-0.05, 0) is 25.5 Å². The SMILES string of the molecule is C=Cc1c(OC)cccc1[C@H]1OC(C)(C)O[C@H]1C=C. The van der Waals surface area contributed by atoms with E-state index in [2.05, 4.69) is 13.2 Å². The Labute approximate surface area is 114 Å². The molecular weight excluding hydrogens is 240 g/mol. The Kier molecular flexibility index (Phi) is 3.78. The maximum absolute atomic E-state index is 5.98. The zero-order chi connectivity index (χ0) is 14.0. The molecule has 19 heavy (non-hydrogen) atoms. The lowest BCUT2D eigenvalue weighted by Gasteiger charge is -2.19. The second kappa shape index (κ2) is 5.19. The summed E-state index contributed by atoms with van der Waals surface area (Å²) in [6.07, 6.45) is 3.17. The average molecular weight is 260 g/mol. The van der Waals surface area contributed by atoms with E-state index in [-0.39, 0.29) is 12.2 Å². The van der Waals surface area contributed by atoms with Gasteiger partial charge in [0.2, 0.25) is 0 Å². The van der Waals surface area contributed by atoms with E-state index in [1.807, 2.05) is 32.0 Å². The van der Waals surface area contributed by atoms with Gasteiger partial charge in [-0.15, -0.1) is 6.58 Å². The molecule has 0 radical (unpaired) electrons.